The lowest BCUT2D eigenvalue weighted by Crippen LogP contribution is -2.02. The van der Waals surface area contributed by atoms with Crippen LogP contribution in [0.5, 0.6) is 0 Å². The molecular formula is C14H12N4. The van der Waals surface area contributed by atoms with Gasteiger partial charge in [-0.25, -0.2) is 14.6 Å². The molecule has 88 valence electrons. The predicted octanol–water partition coefficient (Wildman–Crippen LogP) is 2.64. The molecule has 18 heavy (non-hydrogen) atoms. The van der Waals surface area contributed by atoms with Gasteiger partial charge in [-0.1, -0.05) is 30.3 Å². The lowest BCUT2D eigenvalue weighted by molar-refractivity contribution is 0.837. The third-order valence-corrected chi connectivity index (χ3v) is 2.61. The minimum atomic E-state index is 0.723. The molecule has 0 bridgehead atoms. The second-order valence-corrected chi connectivity index (χ2v) is 4.01. The lowest BCUT2D eigenvalue weighted by atomic mass is 10.2. The zero-order chi connectivity index (χ0) is 12.4. The average molecular weight is 236 g/mol. The molecule has 1 aromatic carbocycles. The van der Waals surface area contributed by atoms with Gasteiger partial charge in [0.05, 0.1) is 0 Å². The summed E-state index contributed by atoms with van der Waals surface area (Å²) in [5, 5.41) is 4.19. The van der Waals surface area contributed by atoms with Gasteiger partial charge in [-0.05, 0) is 13.0 Å². The van der Waals surface area contributed by atoms with Gasteiger partial charge in [-0.15, -0.1) is 0 Å². The number of rotatable bonds is 2. The molecule has 0 saturated carbocycles. The van der Waals surface area contributed by atoms with Gasteiger partial charge in [0, 0.05) is 29.7 Å². The number of aryl methyl sites for hydroxylation is 1. The minimum Gasteiger partial charge on any atom is -0.233 e. The van der Waals surface area contributed by atoms with Crippen LogP contribution in [0.25, 0.3) is 17.2 Å². The molecule has 3 aromatic rings. The molecule has 0 saturated heterocycles. The maximum atomic E-state index is 4.54. The van der Waals surface area contributed by atoms with Gasteiger partial charge >= 0.3 is 0 Å². The van der Waals surface area contributed by atoms with Crippen LogP contribution in [0.4, 0.5) is 0 Å². The Bertz CT molecular complexity index is 645. The van der Waals surface area contributed by atoms with Crippen molar-refractivity contribution in [3.05, 3.63) is 60.6 Å². The van der Waals surface area contributed by atoms with Crippen LogP contribution >= 0.6 is 0 Å². The maximum absolute atomic E-state index is 4.54. The van der Waals surface area contributed by atoms with Crippen molar-refractivity contribution in [2.45, 2.75) is 6.92 Å². The third-order valence-electron chi connectivity index (χ3n) is 2.61. The smallest absolute Gasteiger partial charge is 0.161 e. The summed E-state index contributed by atoms with van der Waals surface area (Å²) in [6.07, 6.45) is 3.61. The molecule has 0 unspecified atom stereocenters. The number of benzene rings is 1. The van der Waals surface area contributed by atoms with Crippen molar-refractivity contribution in [2.75, 3.05) is 0 Å². The average Bonchev–Trinajstić information content (AvgIpc) is 2.93. The molecule has 2 aromatic heterocycles. The van der Waals surface area contributed by atoms with Crippen LogP contribution in [-0.2, 0) is 0 Å². The number of aromatic nitrogens is 4. The van der Waals surface area contributed by atoms with E-state index >= 15 is 0 Å². The van der Waals surface area contributed by atoms with E-state index in [2.05, 4.69) is 15.1 Å². The summed E-state index contributed by atoms with van der Waals surface area (Å²) in [5.41, 5.74) is 1.93. The first-order valence-corrected chi connectivity index (χ1v) is 5.74. The Morgan fingerprint density at radius 2 is 1.83 bits per heavy atom. The van der Waals surface area contributed by atoms with Crippen LogP contribution < -0.4 is 0 Å². The summed E-state index contributed by atoms with van der Waals surface area (Å²) >= 11 is 0. The zero-order valence-electron chi connectivity index (χ0n) is 9.99. The van der Waals surface area contributed by atoms with Crippen molar-refractivity contribution < 1.29 is 0 Å². The van der Waals surface area contributed by atoms with Crippen molar-refractivity contribution in [3.63, 3.8) is 0 Å². The molecule has 0 radical (unpaired) electrons. The lowest BCUT2D eigenvalue weighted by Gasteiger charge is -2.05. The van der Waals surface area contributed by atoms with E-state index in [0.717, 1.165) is 22.9 Å². The first kappa shape index (κ1) is 10.7. The number of nitrogens with zero attached hydrogens (tertiary/aromatic N) is 4. The topological polar surface area (TPSA) is 43.6 Å². The molecule has 0 aliphatic heterocycles. The Balaban J connectivity index is 2.12. The van der Waals surface area contributed by atoms with Gasteiger partial charge in [-0.3, -0.25) is 0 Å². The van der Waals surface area contributed by atoms with E-state index in [-0.39, 0.29) is 0 Å². The Labute approximate surface area is 105 Å². The normalized spacial score (nSPS) is 10.5. The monoisotopic (exact) mass is 236 g/mol. The van der Waals surface area contributed by atoms with Gasteiger partial charge in [0.15, 0.2) is 11.6 Å². The van der Waals surface area contributed by atoms with Crippen molar-refractivity contribution >= 4 is 0 Å². The van der Waals surface area contributed by atoms with Gasteiger partial charge < -0.3 is 0 Å². The summed E-state index contributed by atoms with van der Waals surface area (Å²) in [6.45, 7) is 1.96. The van der Waals surface area contributed by atoms with Crippen LogP contribution in [0.1, 0.15) is 5.69 Å². The zero-order valence-corrected chi connectivity index (χ0v) is 9.99. The number of hydrogen-bond donors (Lipinski definition) is 0. The van der Waals surface area contributed by atoms with Crippen molar-refractivity contribution in [2.24, 2.45) is 0 Å². The number of hydrogen-bond acceptors (Lipinski definition) is 3. The van der Waals surface area contributed by atoms with Crippen LogP contribution in [0.15, 0.2) is 54.9 Å². The molecule has 0 spiro atoms. The molecule has 4 nitrogen and oxygen atoms in total. The molecule has 0 aliphatic carbocycles. The highest BCUT2D eigenvalue weighted by atomic mass is 15.3. The van der Waals surface area contributed by atoms with Gasteiger partial charge in [0.2, 0.25) is 0 Å². The van der Waals surface area contributed by atoms with E-state index in [1.165, 1.54) is 0 Å². The SMILES string of the molecule is Cc1cc(-n2cccn2)nc(-c2ccccc2)n1. The molecule has 2 heterocycles. The third kappa shape index (κ3) is 2.00. The van der Waals surface area contributed by atoms with Crippen LogP contribution in [0, 0.1) is 6.92 Å². The molecule has 4 heteroatoms. The van der Waals surface area contributed by atoms with E-state index < -0.39 is 0 Å². The van der Waals surface area contributed by atoms with E-state index in [1.54, 1.807) is 10.9 Å². The Morgan fingerprint density at radius 1 is 1.00 bits per heavy atom. The van der Waals surface area contributed by atoms with Crippen molar-refractivity contribution in [3.8, 4) is 17.2 Å². The first-order chi connectivity index (χ1) is 8.83. The summed E-state index contributed by atoms with van der Waals surface area (Å²) in [4.78, 5) is 9.00. The van der Waals surface area contributed by atoms with Gasteiger partial charge in [0.1, 0.15) is 0 Å². The highest BCUT2D eigenvalue weighted by molar-refractivity contribution is 5.55. The summed E-state index contributed by atoms with van der Waals surface area (Å²) in [5.74, 6) is 1.51. The molecular weight excluding hydrogens is 224 g/mol. The van der Waals surface area contributed by atoms with E-state index in [4.69, 9.17) is 0 Å². The van der Waals surface area contributed by atoms with Crippen molar-refractivity contribution in [1.82, 2.24) is 19.7 Å². The van der Waals surface area contributed by atoms with Crippen LogP contribution in [-0.4, -0.2) is 19.7 Å². The summed E-state index contributed by atoms with van der Waals surface area (Å²) in [6, 6.07) is 13.7. The highest BCUT2D eigenvalue weighted by Gasteiger charge is 2.05. The van der Waals surface area contributed by atoms with E-state index in [9.17, 15) is 0 Å². The largest absolute Gasteiger partial charge is 0.233 e. The minimum absolute atomic E-state index is 0.723. The molecule has 0 N–H and O–H groups in total. The molecule has 0 amide bonds. The Kier molecular flexibility index (Phi) is 2.61. The highest BCUT2D eigenvalue weighted by Crippen LogP contribution is 2.16. The molecule has 3 rings (SSSR count). The van der Waals surface area contributed by atoms with E-state index in [0.29, 0.717) is 0 Å². The molecule has 0 atom stereocenters. The fraction of sp³-hybridized carbons (Fsp3) is 0.0714. The Hall–Kier alpha value is -2.49. The first-order valence-electron chi connectivity index (χ1n) is 5.74. The quantitative estimate of drug-likeness (QED) is 0.687. The predicted molar refractivity (Wildman–Crippen MR) is 69.3 cm³/mol. The fourth-order valence-electron chi connectivity index (χ4n) is 1.79. The summed E-state index contributed by atoms with van der Waals surface area (Å²) < 4.78 is 1.74. The van der Waals surface area contributed by atoms with Crippen LogP contribution in [0.2, 0.25) is 0 Å². The second-order valence-electron chi connectivity index (χ2n) is 4.01. The van der Waals surface area contributed by atoms with Gasteiger partial charge in [0.25, 0.3) is 0 Å². The van der Waals surface area contributed by atoms with Crippen molar-refractivity contribution in [1.29, 1.82) is 0 Å². The second kappa shape index (κ2) is 4.41. The van der Waals surface area contributed by atoms with Crippen LogP contribution in [0.3, 0.4) is 0 Å². The summed E-state index contributed by atoms with van der Waals surface area (Å²) in [7, 11) is 0. The molecule has 0 aliphatic rings. The Morgan fingerprint density at radius 3 is 2.56 bits per heavy atom. The molecule has 0 fully saturated rings. The van der Waals surface area contributed by atoms with E-state index in [1.807, 2.05) is 55.6 Å². The van der Waals surface area contributed by atoms with Gasteiger partial charge in [-0.2, -0.15) is 5.10 Å². The fourth-order valence-corrected chi connectivity index (χ4v) is 1.79. The standard InChI is InChI=1S/C14H12N4/c1-11-10-13(18-9-5-8-15-18)17-14(16-11)12-6-3-2-4-7-12/h2-10H,1H3. The maximum Gasteiger partial charge on any atom is 0.161 e.